The SMILES string of the molecule is COCCNC(=O)CNC(=O)C1CCCNC1C. The summed E-state index contributed by atoms with van der Waals surface area (Å²) < 4.78 is 4.82. The number of hydrogen-bond acceptors (Lipinski definition) is 4. The van der Waals surface area contributed by atoms with Crippen LogP contribution >= 0.6 is 0 Å². The minimum absolute atomic E-state index is 0.0335. The summed E-state index contributed by atoms with van der Waals surface area (Å²) in [5, 5.41) is 8.60. The Hall–Kier alpha value is -1.14. The lowest BCUT2D eigenvalue weighted by Crippen LogP contribution is -2.48. The van der Waals surface area contributed by atoms with E-state index < -0.39 is 0 Å². The predicted molar refractivity (Wildman–Crippen MR) is 68.1 cm³/mol. The zero-order valence-electron chi connectivity index (χ0n) is 11.1. The van der Waals surface area contributed by atoms with Gasteiger partial charge < -0.3 is 20.7 Å². The number of ether oxygens (including phenoxy) is 1. The smallest absolute Gasteiger partial charge is 0.239 e. The van der Waals surface area contributed by atoms with Gasteiger partial charge in [-0.05, 0) is 26.3 Å². The molecule has 1 aliphatic rings. The Morgan fingerprint density at radius 1 is 1.39 bits per heavy atom. The summed E-state index contributed by atoms with van der Waals surface area (Å²) >= 11 is 0. The molecule has 0 aromatic carbocycles. The van der Waals surface area contributed by atoms with Gasteiger partial charge in [0.05, 0.1) is 19.1 Å². The third-order valence-corrected chi connectivity index (χ3v) is 3.15. The second-order valence-corrected chi connectivity index (χ2v) is 4.55. The number of carbonyl (C=O) groups excluding carboxylic acids is 2. The highest BCUT2D eigenvalue weighted by atomic mass is 16.5. The van der Waals surface area contributed by atoms with Crippen molar-refractivity contribution in [1.82, 2.24) is 16.0 Å². The monoisotopic (exact) mass is 257 g/mol. The molecular formula is C12H23N3O3. The maximum atomic E-state index is 11.9. The van der Waals surface area contributed by atoms with E-state index in [-0.39, 0.29) is 30.3 Å². The molecule has 1 saturated heterocycles. The summed E-state index contributed by atoms with van der Waals surface area (Å²) in [7, 11) is 1.57. The minimum atomic E-state index is -0.183. The molecule has 104 valence electrons. The molecule has 18 heavy (non-hydrogen) atoms. The highest BCUT2D eigenvalue weighted by molar-refractivity contribution is 5.86. The van der Waals surface area contributed by atoms with Gasteiger partial charge in [0.15, 0.2) is 0 Å². The van der Waals surface area contributed by atoms with Gasteiger partial charge in [0.2, 0.25) is 11.8 Å². The molecule has 0 saturated carbocycles. The van der Waals surface area contributed by atoms with Gasteiger partial charge in [0.25, 0.3) is 0 Å². The summed E-state index contributed by atoms with van der Waals surface area (Å²) in [6.07, 6.45) is 1.88. The molecule has 0 spiro atoms. The van der Waals surface area contributed by atoms with Crippen LogP contribution in [-0.2, 0) is 14.3 Å². The van der Waals surface area contributed by atoms with Crippen LogP contribution in [0.1, 0.15) is 19.8 Å². The Labute approximate surface area is 108 Å². The van der Waals surface area contributed by atoms with Crippen LogP contribution in [0, 0.1) is 5.92 Å². The Kier molecular flexibility index (Phi) is 6.67. The maximum absolute atomic E-state index is 11.9. The van der Waals surface area contributed by atoms with Crippen LogP contribution in [0.25, 0.3) is 0 Å². The number of hydrogen-bond donors (Lipinski definition) is 3. The first-order valence-electron chi connectivity index (χ1n) is 6.42. The minimum Gasteiger partial charge on any atom is -0.383 e. The van der Waals surface area contributed by atoms with Crippen molar-refractivity contribution in [3.05, 3.63) is 0 Å². The van der Waals surface area contributed by atoms with E-state index in [9.17, 15) is 9.59 Å². The average Bonchev–Trinajstić information content (AvgIpc) is 2.37. The molecule has 6 nitrogen and oxygen atoms in total. The van der Waals surface area contributed by atoms with Crippen LogP contribution in [0.4, 0.5) is 0 Å². The quantitative estimate of drug-likeness (QED) is 0.547. The number of amides is 2. The third kappa shape index (κ3) is 5.01. The molecular weight excluding hydrogens is 234 g/mol. The Morgan fingerprint density at radius 3 is 2.83 bits per heavy atom. The topological polar surface area (TPSA) is 79.5 Å². The number of carbonyl (C=O) groups is 2. The fourth-order valence-corrected chi connectivity index (χ4v) is 2.06. The summed E-state index contributed by atoms with van der Waals surface area (Å²) in [6.45, 7) is 3.94. The van der Waals surface area contributed by atoms with E-state index in [1.165, 1.54) is 0 Å². The number of piperidine rings is 1. The van der Waals surface area contributed by atoms with Crippen LogP contribution < -0.4 is 16.0 Å². The molecule has 6 heteroatoms. The van der Waals surface area contributed by atoms with Crippen LogP contribution in [0.5, 0.6) is 0 Å². The molecule has 2 unspecified atom stereocenters. The molecule has 0 aromatic heterocycles. The van der Waals surface area contributed by atoms with Gasteiger partial charge in [-0.3, -0.25) is 9.59 Å². The van der Waals surface area contributed by atoms with Gasteiger partial charge in [-0.1, -0.05) is 0 Å². The van der Waals surface area contributed by atoms with Crippen LogP contribution in [-0.4, -0.2) is 51.2 Å². The highest BCUT2D eigenvalue weighted by Crippen LogP contribution is 2.15. The van der Waals surface area contributed by atoms with Gasteiger partial charge in [0.1, 0.15) is 0 Å². The van der Waals surface area contributed by atoms with Gasteiger partial charge in [0, 0.05) is 19.7 Å². The van der Waals surface area contributed by atoms with Crippen molar-refractivity contribution >= 4 is 11.8 Å². The standard InChI is InChI=1S/C12H23N3O3/c1-9-10(4-3-5-13-9)12(17)15-8-11(16)14-6-7-18-2/h9-10,13H,3-8H2,1-2H3,(H,14,16)(H,15,17). The van der Waals surface area contributed by atoms with E-state index in [1.807, 2.05) is 6.92 Å². The van der Waals surface area contributed by atoms with Crippen molar-refractivity contribution in [2.24, 2.45) is 5.92 Å². The molecule has 0 bridgehead atoms. The van der Waals surface area contributed by atoms with E-state index in [1.54, 1.807) is 7.11 Å². The average molecular weight is 257 g/mol. The van der Waals surface area contributed by atoms with Crippen molar-refractivity contribution in [2.75, 3.05) is 33.4 Å². The summed E-state index contributed by atoms with van der Waals surface area (Å²) in [4.78, 5) is 23.3. The first-order chi connectivity index (χ1) is 8.65. The Bertz CT molecular complexity index is 284. The van der Waals surface area contributed by atoms with E-state index in [0.29, 0.717) is 13.2 Å². The second-order valence-electron chi connectivity index (χ2n) is 4.55. The second kappa shape index (κ2) is 8.05. The lowest BCUT2D eigenvalue weighted by Gasteiger charge is -2.28. The van der Waals surface area contributed by atoms with Crippen molar-refractivity contribution < 1.29 is 14.3 Å². The normalized spacial score (nSPS) is 23.4. The zero-order chi connectivity index (χ0) is 13.4. The summed E-state index contributed by atoms with van der Waals surface area (Å²) in [6, 6.07) is 0.176. The van der Waals surface area contributed by atoms with Gasteiger partial charge >= 0.3 is 0 Å². The molecule has 0 radical (unpaired) electrons. The lowest BCUT2D eigenvalue weighted by molar-refractivity contribution is -0.129. The first-order valence-corrected chi connectivity index (χ1v) is 6.42. The van der Waals surface area contributed by atoms with E-state index in [0.717, 1.165) is 19.4 Å². The summed E-state index contributed by atoms with van der Waals surface area (Å²) in [5.41, 5.74) is 0. The summed E-state index contributed by atoms with van der Waals surface area (Å²) in [5.74, 6) is -0.265. The van der Waals surface area contributed by atoms with Crippen molar-refractivity contribution in [1.29, 1.82) is 0 Å². The molecule has 1 rings (SSSR count). The van der Waals surface area contributed by atoms with Gasteiger partial charge in [-0.15, -0.1) is 0 Å². The molecule has 1 fully saturated rings. The fraction of sp³-hybridized carbons (Fsp3) is 0.833. The third-order valence-electron chi connectivity index (χ3n) is 3.15. The molecule has 2 amide bonds. The lowest BCUT2D eigenvalue weighted by atomic mass is 9.91. The van der Waals surface area contributed by atoms with Crippen molar-refractivity contribution in [3.63, 3.8) is 0 Å². The fourth-order valence-electron chi connectivity index (χ4n) is 2.06. The maximum Gasteiger partial charge on any atom is 0.239 e. The first kappa shape index (κ1) is 14.9. The van der Waals surface area contributed by atoms with E-state index in [4.69, 9.17) is 4.74 Å². The Balaban J connectivity index is 2.21. The van der Waals surface area contributed by atoms with Gasteiger partial charge in [-0.25, -0.2) is 0 Å². The van der Waals surface area contributed by atoms with Crippen molar-refractivity contribution in [3.8, 4) is 0 Å². The molecule has 3 N–H and O–H groups in total. The van der Waals surface area contributed by atoms with Crippen LogP contribution in [0.2, 0.25) is 0 Å². The van der Waals surface area contributed by atoms with Crippen molar-refractivity contribution in [2.45, 2.75) is 25.8 Å². The van der Waals surface area contributed by atoms with E-state index in [2.05, 4.69) is 16.0 Å². The van der Waals surface area contributed by atoms with E-state index >= 15 is 0 Å². The molecule has 0 aliphatic carbocycles. The molecule has 0 aromatic rings. The van der Waals surface area contributed by atoms with Gasteiger partial charge in [-0.2, -0.15) is 0 Å². The molecule has 1 heterocycles. The number of rotatable bonds is 6. The predicted octanol–water partition coefficient (Wildman–Crippen LogP) is -0.747. The Morgan fingerprint density at radius 2 is 2.17 bits per heavy atom. The highest BCUT2D eigenvalue weighted by Gasteiger charge is 2.27. The molecule has 2 atom stereocenters. The number of nitrogens with one attached hydrogen (secondary N) is 3. The van der Waals surface area contributed by atoms with Crippen LogP contribution in [0.15, 0.2) is 0 Å². The number of methoxy groups -OCH3 is 1. The van der Waals surface area contributed by atoms with Crippen LogP contribution in [0.3, 0.4) is 0 Å². The zero-order valence-corrected chi connectivity index (χ0v) is 11.1. The largest absolute Gasteiger partial charge is 0.383 e. The molecule has 1 aliphatic heterocycles.